The van der Waals surface area contributed by atoms with Gasteiger partial charge in [0, 0.05) is 50.9 Å². The van der Waals surface area contributed by atoms with Crippen LogP contribution < -0.4 is 9.62 Å². The van der Waals surface area contributed by atoms with Crippen molar-refractivity contribution >= 4 is 46.2 Å². The van der Waals surface area contributed by atoms with Gasteiger partial charge in [-0.25, -0.2) is 0 Å². The molecule has 0 aliphatic heterocycles. The molecule has 0 spiro atoms. The number of nitrogens with zero attached hydrogens (tertiary/aromatic N) is 1. The Morgan fingerprint density at radius 3 is 2.60 bits per heavy atom. The van der Waals surface area contributed by atoms with Crippen molar-refractivity contribution in [3.8, 4) is 0 Å². The molecule has 0 fully saturated rings. The molecule has 0 aliphatic carbocycles. The van der Waals surface area contributed by atoms with Crippen molar-refractivity contribution < 1.29 is 18.7 Å². The highest BCUT2D eigenvalue weighted by Crippen LogP contribution is 2.33. The number of hydrogen-bond donors (Lipinski definition) is 2. The number of hydrogen-bond acceptors (Lipinski definition) is 7. The van der Waals surface area contributed by atoms with Crippen LogP contribution in [0, 0.1) is 0 Å². The quantitative estimate of drug-likeness (QED) is 0.191. The van der Waals surface area contributed by atoms with E-state index in [9.17, 15) is 4.79 Å². The SMILES string of the molecule is COC(OC)C(CNC(=O)c1cc2cccc(N(C)Sc3ccco3)c2[nH]1)SCc1ccccc1. The van der Waals surface area contributed by atoms with Crippen molar-refractivity contribution in [1.29, 1.82) is 0 Å². The van der Waals surface area contributed by atoms with Crippen LogP contribution in [-0.2, 0) is 15.2 Å². The third-order valence-electron chi connectivity index (χ3n) is 5.48. The van der Waals surface area contributed by atoms with E-state index in [1.807, 2.05) is 66.0 Å². The number of aromatic nitrogens is 1. The molecule has 2 aromatic carbocycles. The number of para-hydroxylation sites is 1. The molecule has 1 unspecified atom stereocenters. The van der Waals surface area contributed by atoms with Crippen molar-refractivity contribution in [2.75, 3.05) is 32.1 Å². The third-order valence-corrected chi connectivity index (χ3v) is 7.68. The summed E-state index contributed by atoms with van der Waals surface area (Å²) in [6, 6.07) is 21.8. The molecule has 2 N–H and O–H groups in total. The van der Waals surface area contributed by atoms with E-state index in [0.717, 1.165) is 27.4 Å². The number of benzene rings is 2. The Morgan fingerprint density at radius 2 is 1.89 bits per heavy atom. The lowest BCUT2D eigenvalue weighted by atomic mass is 10.2. The summed E-state index contributed by atoms with van der Waals surface area (Å²) in [5.74, 6) is 0.616. The third kappa shape index (κ3) is 6.43. The van der Waals surface area contributed by atoms with Crippen LogP contribution in [0.3, 0.4) is 0 Å². The minimum Gasteiger partial charge on any atom is -0.456 e. The number of amides is 1. The molecule has 0 radical (unpaired) electrons. The van der Waals surface area contributed by atoms with Gasteiger partial charge in [0.05, 0.1) is 22.7 Å². The number of methoxy groups -OCH3 is 2. The number of aromatic amines is 1. The van der Waals surface area contributed by atoms with Crippen molar-refractivity contribution in [1.82, 2.24) is 10.3 Å². The predicted molar refractivity (Wildman–Crippen MR) is 143 cm³/mol. The summed E-state index contributed by atoms with van der Waals surface area (Å²) in [4.78, 5) is 16.4. The van der Waals surface area contributed by atoms with E-state index < -0.39 is 6.29 Å². The van der Waals surface area contributed by atoms with E-state index in [0.29, 0.717) is 12.2 Å². The van der Waals surface area contributed by atoms with Crippen molar-refractivity contribution in [3.05, 3.63) is 84.3 Å². The maximum Gasteiger partial charge on any atom is 0.267 e. The van der Waals surface area contributed by atoms with Crippen LogP contribution in [0.1, 0.15) is 16.1 Å². The number of carbonyl (C=O) groups is 1. The van der Waals surface area contributed by atoms with Gasteiger partial charge in [0.1, 0.15) is 5.69 Å². The first-order valence-corrected chi connectivity index (χ1v) is 13.0. The fourth-order valence-corrected chi connectivity index (χ4v) is 5.66. The Hall–Kier alpha value is -2.85. The number of rotatable bonds is 12. The van der Waals surface area contributed by atoms with Crippen LogP contribution in [0.15, 0.2) is 82.5 Å². The predicted octanol–water partition coefficient (Wildman–Crippen LogP) is 5.56. The van der Waals surface area contributed by atoms with Gasteiger partial charge < -0.3 is 28.5 Å². The lowest BCUT2D eigenvalue weighted by Gasteiger charge is -2.24. The molecule has 7 nitrogen and oxygen atoms in total. The number of H-pyrrole nitrogens is 1. The molecular weight excluding hydrogens is 482 g/mol. The Balaban J connectivity index is 1.44. The summed E-state index contributed by atoms with van der Waals surface area (Å²) in [6.45, 7) is 0.402. The molecule has 4 rings (SSSR count). The van der Waals surface area contributed by atoms with Gasteiger partial charge in [-0.1, -0.05) is 42.5 Å². The topological polar surface area (TPSA) is 79.7 Å². The molecule has 0 saturated carbocycles. The van der Waals surface area contributed by atoms with Gasteiger partial charge in [0.2, 0.25) is 0 Å². The number of carbonyl (C=O) groups excluding carboxylic acids is 1. The Kier molecular flexibility index (Phi) is 8.81. The second-order valence-corrected chi connectivity index (χ2v) is 10.2. The van der Waals surface area contributed by atoms with Gasteiger partial charge in [0.25, 0.3) is 5.91 Å². The summed E-state index contributed by atoms with van der Waals surface area (Å²) < 4.78 is 18.5. The number of anilines is 1. The van der Waals surface area contributed by atoms with Gasteiger partial charge in [-0.15, -0.1) is 11.8 Å². The molecule has 2 heterocycles. The molecule has 4 aromatic rings. The van der Waals surface area contributed by atoms with Crippen molar-refractivity contribution in [3.63, 3.8) is 0 Å². The van der Waals surface area contributed by atoms with E-state index in [-0.39, 0.29) is 11.2 Å². The molecule has 0 aliphatic rings. The average Bonchev–Trinajstić information content (AvgIpc) is 3.56. The fourth-order valence-electron chi connectivity index (χ4n) is 3.72. The van der Waals surface area contributed by atoms with Gasteiger partial charge in [0.15, 0.2) is 11.4 Å². The van der Waals surface area contributed by atoms with E-state index in [1.54, 1.807) is 32.2 Å². The smallest absolute Gasteiger partial charge is 0.267 e. The van der Waals surface area contributed by atoms with Crippen molar-refractivity contribution in [2.45, 2.75) is 22.4 Å². The lowest BCUT2D eigenvalue weighted by Crippen LogP contribution is -2.39. The van der Waals surface area contributed by atoms with Crippen LogP contribution in [-0.4, -0.2) is 50.2 Å². The molecule has 0 saturated heterocycles. The number of furan rings is 1. The number of nitrogens with one attached hydrogen (secondary N) is 2. The second-order valence-electron chi connectivity index (χ2n) is 7.83. The van der Waals surface area contributed by atoms with E-state index in [1.165, 1.54) is 17.5 Å². The first-order chi connectivity index (χ1) is 17.1. The van der Waals surface area contributed by atoms with Crippen molar-refractivity contribution in [2.24, 2.45) is 0 Å². The zero-order chi connectivity index (χ0) is 24.6. The summed E-state index contributed by atoms with van der Waals surface area (Å²) >= 11 is 3.17. The monoisotopic (exact) mass is 511 g/mol. The lowest BCUT2D eigenvalue weighted by molar-refractivity contribution is -0.101. The Morgan fingerprint density at radius 1 is 1.09 bits per heavy atom. The molecule has 1 amide bonds. The first kappa shape index (κ1) is 25.2. The Labute approximate surface area is 213 Å². The first-order valence-electron chi connectivity index (χ1n) is 11.1. The van der Waals surface area contributed by atoms with Crippen LogP contribution >= 0.6 is 23.7 Å². The van der Waals surface area contributed by atoms with Crippen LogP contribution in [0.5, 0.6) is 0 Å². The summed E-state index contributed by atoms with van der Waals surface area (Å²) in [5, 5.41) is 4.72. The van der Waals surface area contributed by atoms with E-state index >= 15 is 0 Å². The summed E-state index contributed by atoms with van der Waals surface area (Å²) in [7, 11) is 5.19. The Bertz CT molecular complexity index is 1210. The maximum atomic E-state index is 13.1. The average molecular weight is 512 g/mol. The molecule has 35 heavy (non-hydrogen) atoms. The standard InChI is InChI=1S/C26H29N3O4S2/c1-29(35-23-13-8-14-33-23)21-12-7-11-19-15-20(28-24(19)21)25(30)27-16-22(26(31-2)32-3)34-17-18-9-5-4-6-10-18/h4-15,22,26,28H,16-17H2,1-3H3,(H,27,30). The molecule has 1 atom stereocenters. The zero-order valence-corrected chi connectivity index (χ0v) is 21.5. The van der Waals surface area contributed by atoms with E-state index in [4.69, 9.17) is 13.9 Å². The molecule has 184 valence electrons. The van der Waals surface area contributed by atoms with Gasteiger partial charge in [-0.2, -0.15) is 0 Å². The number of fused-ring (bicyclic) bond motifs is 1. The van der Waals surface area contributed by atoms with Crippen LogP contribution in [0.2, 0.25) is 0 Å². The largest absolute Gasteiger partial charge is 0.456 e. The highest BCUT2D eigenvalue weighted by Gasteiger charge is 2.23. The normalized spacial score (nSPS) is 12.2. The van der Waals surface area contributed by atoms with E-state index in [2.05, 4.69) is 22.4 Å². The van der Waals surface area contributed by atoms with Gasteiger partial charge in [-0.3, -0.25) is 4.79 Å². The second kappa shape index (κ2) is 12.2. The summed E-state index contributed by atoms with van der Waals surface area (Å²) in [6.07, 6.45) is 1.21. The number of thioether (sulfide) groups is 1. The highest BCUT2D eigenvalue weighted by molar-refractivity contribution is 8.00. The van der Waals surface area contributed by atoms with Crippen LogP contribution in [0.25, 0.3) is 10.9 Å². The van der Waals surface area contributed by atoms with Crippen LogP contribution in [0.4, 0.5) is 5.69 Å². The van der Waals surface area contributed by atoms with Gasteiger partial charge in [-0.05, 0) is 29.8 Å². The minimum atomic E-state index is -0.439. The van der Waals surface area contributed by atoms with Gasteiger partial charge >= 0.3 is 0 Å². The zero-order valence-electron chi connectivity index (χ0n) is 19.9. The maximum absolute atomic E-state index is 13.1. The highest BCUT2D eigenvalue weighted by atomic mass is 32.2. The molecule has 9 heteroatoms. The fraction of sp³-hybridized carbons (Fsp3) is 0.269. The summed E-state index contributed by atoms with van der Waals surface area (Å²) in [5.41, 5.74) is 3.56. The molecule has 0 bridgehead atoms. The molecular formula is C26H29N3O4S2. The molecule has 2 aromatic heterocycles. The minimum absolute atomic E-state index is 0.0788. The number of ether oxygens (including phenoxy) is 2.